The minimum absolute atomic E-state index is 0.641. The number of anilines is 2. The summed E-state index contributed by atoms with van der Waals surface area (Å²) >= 11 is 24.6. The Morgan fingerprint density at radius 2 is 0.600 bits per heavy atom. The third-order valence-corrected chi connectivity index (χ3v) is 6.31. The second-order valence-corrected chi connectivity index (χ2v) is 9.43. The zero-order valence-electron chi connectivity index (χ0n) is 20.0. The van der Waals surface area contributed by atoms with Gasteiger partial charge in [-0.05, 0) is 24.3 Å². The van der Waals surface area contributed by atoms with Crippen molar-refractivity contribution in [3.8, 4) is 0 Å². The fourth-order valence-electron chi connectivity index (χ4n) is 3.22. The maximum Gasteiger partial charge on any atom is 0.0719 e. The minimum Gasteiger partial charge on any atom is -0.381 e. The molecule has 2 rings (SSSR count). The predicted octanol–water partition coefficient (Wildman–Crippen LogP) is 3.77. The van der Waals surface area contributed by atoms with Gasteiger partial charge in [-0.15, -0.1) is 0 Å². The lowest BCUT2D eigenvalue weighted by molar-refractivity contribution is 0.560. The minimum atomic E-state index is 0.641. The van der Waals surface area contributed by atoms with Gasteiger partial charge in [0.15, 0.2) is 0 Å². The fraction of sp³-hybridized carbons (Fsp3) is 0.500. The van der Waals surface area contributed by atoms with Crippen LogP contribution in [0.1, 0.15) is 0 Å². The Hall–Kier alpha value is -1.00. The van der Waals surface area contributed by atoms with E-state index in [1.165, 1.54) is 0 Å². The highest BCUT2D eigenvalue weighted by Gasteiger charge is 2.04. The van der Waals surface area contributed by atoms with Gasteiger partial charge < -0.3 is 37.2 Å². The summed E-state index contributed by atoms with van der Waals surface area (Å²) in [6.07, 6.45) is 0. The maximum absolute atomic E-state index is 6.14. The lowest BCUT2D eigenvalue weighted by atomic mass is 10.3. The standard InChI is InChI=1S/C24H37Cl4N7/c25-19-3-1-4-20(26)23(19)34-17-15-32-13-11-30-9-7-29-8-10-31-12-14-33-16-18-35-24-21(27)5-2-6-22(24)28/h1-6,29-35H,7-18H2. The van der Waals surface area contributed by atoms with Crippen LogP contribution in [0.15, 0.2) is 36.4 Å². The molecule has 0 fully saturated rings. The lowest BCUT2D eigenvalue weighted by Gasteiger charge is -2.12. The van der Waals surface area contributed by atoms with Crippen LogP contribution in [0.25, 0.3) is 0 Å². The third kappa shape index (κ3) is 13.2. The van der Waals surface area contributed by atoms with Crippen LogP contribution in [0.3, 0.4) is 0 Å². The van der Waals surface area contributed by atoms with E-state index in [1.54, 1.807) is 0 Å². The Bertz CT molecular complexity index is 734. The smallest absolute Gasteiger partial charge is 0.0719 e. The fourth-order valence-corrected chi connectivity index (χ4v) is 4.28. The molecule has 0 bridgehead atoms. The summed E-state index contributed by atoms with van der Waals surface area (Å²) in [6.45, 7) is 10.7. The molecule has 11 heteroatoms. The van der Waals surface area contributed by atoms with Gasteiger partial charge in [-0.1, -0.05) is 58.5 Å². The summed E-state index contributed by atoms with van der Waals surface area (Å²) in [5.74, 6) is 0. The molecule has 0 radical (unpaired) electrons. The largest absolute Gasteiger partial charge is 0.381 e. The van der Waals surface area contributed by atoms with E-state index in [4.69, 9.17) is 46.4 Å². The van der Waals surface area contributed by atoms with Crippen LogP contribution in [0, 0.1) is 0 Å². The van der Waals surface area contributed by atoms with Gasteiger partial charge >= 0.3 is 0 Å². The van der Waals surface area contributed by atoms with Crippen molar-refractivity contribution in [2.24, 2.45) is 0 Å². The SMILES string of the molecule is Clc1cccc(Cl)c1NCCNCCNCCNCCNCCNCCNc1c(Cl)cccc1Cl. The molecule has 7 nitrogen and oxygen atoms in total. The molecule has 0 unspecified atom stereocenters. The molecule has 2 aromatic carbocycles. The first-order valence-electron chi connectivity index (χ1n) is 12.0. The van der Waals surface area contributed by atoms with Gasteiger partial charge in [-0.3, -0.25) is 0 Å². The number of hydrogen-bond acceptors (Lipinski definition) is 7. The Balaban J connectivity index is 1.28. The van der Waals surface area contributed by atoms with Crippen molar-refractivity contribution in [2.75, 3.05) is 89.2 Å². The molecular weight excluding hydrogens is 528 g/mol. The molecule has 0 atom stereocenters. The average Bonchev–Trinajstić information content (AvgIpc) is 2.83. The molecule has 0 saturated carbocycles. The van der Waals surface area contributed by atoms with E-state index in [0.29, 0.717) is 20.1 Å². The van der Waals surface area contributed by atoms with Gasteiger partial charge in [0, 0.05) is 78.5 Å². The van der Waals surface area contributed by atoms with Crippen molar-refractivity contribution in [2.45, 2.75) is 0 Å². The first-order valence-corrected chi connectivity index (χ1v) is 13.5. The van der Waals surface area contributed by atoms with Gasteiger partial charge in [0.05, 0.1) is 31.5 Å². The molecule has 0 saturated heterocycles. The number of rotatable bonds is 20. The molecule has 0 heterocycles. The van der Waals surface area contributed by atoms with E-state index in [9.17, 15) is 0 Å². The van der Waals surface area contributed by atoms with Crippen LogP contribution in [0.5, 0.6) is 0 Å². The van der Waals surface area contributed by atoms with E-state index < -0.39 is 0 Å². The van der Waals surface area contributed by atoms with E-state index >= 15 is 0 Å². The summed E-state index contributed by atoms with van der Waals surface area (Å²) in [6, 6.07) is 11.0. The van der Waals surface area contributed by atoms with Gasteiger partial charge in [-0.2, -0.15) is 0 Å². The quantitative estimate of drug-likeness (QED) is 0.123. The molecule has 0 amide bonds. The van der Waals surface area contributed by atoms with Crippen molar-refractivity contribution in [1.29, 1.82) is 0 Å². The van der Waals surface area contributed by atoms with Gasteiger partial charge in [-0.25, -0.2) is 0 Å². The summed E-state index contributed by atoms with van der Waals surface area (Å²) in [7, 11) is 0. The van der Waals surface area contributed by atoms with Gasteiger partial charge in [0.1, 0.15) is 0 Å². The summed E-state index contributed by atoms with van der Waals surface area (Å²) in [5, 5.41) is 26.1. The highest BCUT2D eigenvalue weighted by atomic mass is 35.5. The second-order valence-electron chi connectivity index (χ2n) is 7.80. The van der Waals surface area contributed by atoms with Gasteiger partial charge in [0.25, 0.3) is 0 Å². The van der Waals surface area contributed by atoms with E-state index in [1.807, 2.05) is 36.4 Å². The van der Waals surface area contributed by atoms with Crippen molar-refractivity contribution in [1.82, 2.24) is 26.6 Å². The second kappa shape index (κ2) is 19.2. The summed E-state index contributed by atoms with van der Waals surface area (Å²) < 4.78 is 0. The zero-order valence-corrected chi connectivity index (χ0v) is 23.0. The first kappa shape index (κ1) is 30.2. The van der Waals surface area contributed by atoms with Crippen LogP contribution in [0.4, 0.5) is 11.4 Å². The highest BCUT2D eigenvalue weighted by molar-refractivity contribution is 6.39. The molecule has 0 spiro atoms. The highest BCUT2D eigenvalue weighted by Crippen LogP contribution is 2.30. The number of halogens is 4. The monoisotopic (exact) mass is 563 g/mol. The molecule has 0 aromatic heterocycles. The molecule has 35 heavy (non-hydrogen) atoms. The molecule has 0 aliphatic heterocycles. The number of benzene rings is 2. The zero-order chi connectivity index (χ0) is 25.1. The Labute approximate surface area is 229 Å². The average molecular weight is 565 g/mol. The van der Waals surface area contributed by atoms with Crippen LogP contribution in [-0.4, -0.2) is 78.5 Å². The number of nitrogens with one attached hydrogen (secondary N) is 7. The molecule has 196 valence electrons. The number of hydrogen-bond donors (Lipinski definition) is 7. The third-order valence-electron chi connectivity index (χ3n) is 5.05. The Kier molecular flexibility index (Phi) is 16.5. The Morgan fingerprint density at radius 1 is 0.371 bits per heavy atom. The predicted molar refractivity (Wildman–Crippen MR) is 154 cm³/mol. The first-order chi connectivity index (χ1) is 17.1. The molecule has 0 aliphatic rings. The van der Waals surface area contributed by atoms with E-state index in [-0.39, 0.29) is 0 Å². The van der Waals surface area contributed by atoms with E-state index in [0.717, 1.165) is 89.9 Å². The van der Waals surface area contributed by atoms with Crippen molar-refractivity contribution < 1.29 is 0 Å². The Morgan fingerprint density at radius 3 is 0.857 bits per heavy atom. The van der Waals surface area contributed by atoms with Crippen molar-refractivity contribution in [3.63, 3.8) is 0 Å². The number of para-hydroxylation sites is 2. The van der Waals surface area contributed by atoms with Crippen molar-refractivity contribution >= 4 is 57.8 Å². The maximum atomic E-state index is 6.14. The summed E-state index contributed by atoms with van der Waals surface area (Å²) in [4.78, 5) is 0. The molecule has 2 aromatic rings. The van der Waals surface area contributed by atoms with Crippen LogP contribution >= 0.6 is 46.4 Å². The van der Waals surface area contributed by atoms with Crippen LogP contribution in [0.2, 0.25) is 20.1 Å². The molecule has 7 N–H and O–H groups in total. The van der Waals surface area contributed by atoms with Crippen LogP contribution in [-0.2, 0) is 0 Å². The summed E-state index contributed by atoms with van der Waals surface area (Å²) in [5.41, 5.74) is 1.58. The normalized spacial score (nSPS) is 11.1. The topological polar surface area (TPSA) is 84.2 Å². The lowest BCUT2D eigenvalue weighted by Crippen LogP contribution is -2.37. The molecular formula is C24H37Cl4N7. The molecule has 0 aliphatic carbocycles. The van der Waals surface area contributed by atoms with Crippen molar-refractivity contribution in [3.05, 3.63) is 56.5 Å². The van der Waals surface area contributed by atoms with Gasteiger partial charge in [0.2, 0.25) is 0 Å². The van der Waals surface area contributed by atoms with E-state index in [2.05, 4.69) is 37.2 Å². The van der Waals surface area contributed by atoms with Crippen LogP contribution < -0.4 is 37.2 Å².